The molecule has 19 heavy (non-hydrogen) atoms. The highest BCUT2D eigenvalue weighted by Crippen LogP contribution is 2.26. The molecule has 0 aromatic heterocycles. The average molecular weight is 305 g/mol. The van der Waals surface area contributed by atoms with Crippen molar-refractivity contribution < 1.29 is 4.39 Å². The molecule has 0 amide bonds. The van der Waals surface area contributed by atoms with E-state index in [1.54, 1.807) is 23.9 Å². The fraction of sp³-hybridized carbons (Fsp3) is 0.571. The summed E-state index contributed by atoms with van der Waals surface area (Å²) in [5.74, 6) is 0.729. The molecule has 0 spiro atoms. The fourth-order valence-corrected chi connectivity index (χ4v) is 3.27. The highest BCUT2D eigenvalue weighted by Gasteiger charge is 2.24. The number of rotatable bonds is 7. The van der Waals surface area contributed by atoms with Gasteiger partial charge >= 0.3 is 0 Å². The number of hydrogen-bond acceptors (Lipinski definition) is 3. The molecular weight excluding hydrogens is 283 g/mol. The third kappa shape index (κ3) is 4.35. The first-order valence-corrected chi connectivity index (χ1v) is 8.18. The third-order valence-corrected chi connectivity index (χ3v) is 4.40. The van der Waals surface area contributed by atoms with Gasteiger partial charge in [-0.25, -0.2) is 4.39 Å². The van der Waals surface area contributed by atoms with Crippen LogP contribution in [-0.4, -0.2) is 36.5 Å². The second-order valence-electron chi connectivity index (χ2n) is 4.60. The molecule has 1 aromatic rings. The molecule has 0 aliphatic heterocycles. The minimum atomic E-state index is -0.284. The summed E-state index contributed by atoms with van der Waals surface area (Å²) >= 11 is 7.59. The highest BCUT2D eigenvalue weighted by atomic mass is 35.5. The predicted octanol–water partition coefficient (Wildman–Crippen LogP) is 3.55. The number of nitrogens with two attached hydrogens (primary N) is 1. The van der Waals surface area contributed by atoms with E-state index in [2.05, 4.69) is 18.1 Å². The van der Waals surface area contributed by atoms with E-state index in [9.17, 15) is 4.39 Å². The summed E-state index contributed by atoms with van der Waals surface area (Å²) in [4.78, 5) is 2.17. The van der Waals surface area contributed by atoms with Gasteiger partial charge in [-0.05, 0) is 31.9 Å². The van der Waals surface area contributed by atoms with Crippen LogP contribution in [0, 0.1) is 5.82 Å². The maximum absolute atomic E-state index is 14.0. The fourth-order valence-electron chi connectivity index (χ4n) is 2.25. The van der Waals surface area contributed by atoms with Gasteiger partial charge < -0.3 is 5.73 Å². The Bertz CT molecular complexity index is 403. The first-order chi connectivity index (χ1) is 9.04. The van der Waals surface area contributed by atoms with E-state index >= 15 is 0 Å². The van der Waals surface area contributed by atoms with Crippen LogP contribution in [0.15, 0.2) is 18.2 Å². The molecule has 2 unspecified atom stereocenters. The van der Waals surface area contributed by atoms with Crippen molar-refractivity contribution in [3.05, 3.63) is 34.6 Å². The van der Waals surface area contributed by atoms with Gasteiger partial charge in [-0.2, -0.15) is 11.8 Å². The topological polar surface area (TPSA) is 29.3 Å². The maximum Gasteiger partial charge on any atom is 0.129 e. The van der Waals surface area contributed by atoms with Crippen molar-refractivity contribution in [1.82, 2.24) is 4.90 Å². The lowest BCUT2D eigenvalue weighted by Crippen LogP contribution is -2.40. The second-order valence-corrected chi connectivity index (χ2v) is 5.95. The van der Waals surface area contributed by atoms with E-state index in [1.165, 1.54) is 6.07 Å². The zero-order chi connectivity index (χ0) is 14.4. The summed E-state index contributed by atoms with van der Waals surface area (Å²) in [6.07, 6.45) is 3.10. The SMILES string of the molecule is CCC(CSC)N(C)C(CN)c1ccc(Cl)cc1F. The van der Waals surface area contributed by atoms with Gasteiger partial charge in [-0.15, -0.1) is 0 Å². The van der Waals surface area contributed by atoms with Crippen LogP contribution in [0.25, 0.3) is 0 Å². The van der Waals surface area contributed by atoms with Crippen molar-refractivity contribution >= 4 is 23.4 Å². The molecule has 0 heterocycles. The molecule has 1 aromatic carbocycles. The van der Waals surface area contributed by atoms with Gasteiger partial charge in [-0.1, -0.05) is 24.6 Å². The molecule has 108 valence electrons. The minimum Gasteiger partial charge on any atom is -0.329 e. The lowest BCUT2D eigenvalue weighted by atomic mass is 10.0. The Hall–Kier alpha value is -0.290. The molecule has 0 saturated heterocycles. The van der Waals surface area contributed by atoms with E-state index in [0.717, 1.165) is 12.2 Å². The summed E-state index contributed by atoms with van der Waals surface area (Å²) in [5.41, 5.74) is 6.47. The largest absolute Gasteiger partial charge is 0.329 e. The number of nitrogens with zero attached hydrogens (tertiary/aromatic N) is 1. The van der Waals surface area contributed by atoms with Gasteiger partial charge in [0.15, 0.2) is 0 Å². The van der Waals surface area contributed by atoms with Crippen molar-refractivity contribution in [2.45, 2.75) is 25.4 Å². The molecule has 0 saturated carbocycles. The van der Waals surface area contributed by atoms with Crippen LogP contribution in [0.4, 0.5) is 4.39 Å². The van der Waals surface area contributed by atoms with E-state index in [-0.39, 0.29) is 11.9 Å². The van der Waals surface area contributed by atoms with Crippen LogP contribution < -0.4 is 5.73 Å². The summed E-state index contributed by atoms with van der Waals surface area (Å²) in [7, 11) is 2.01. The quantitative estimate of drug-likeness (QED) is 0.835. The van der Waals surface area contributed by atoms with E-state index < -0.39 is 0 Å². The average Bonchev–Trinajstić information content (AvgIpc) is 2.39. The summed E-state index contributed by atoms with van der Waals surface area (Å²) in [5, 5.41) is 0.413. The van der Waals surface area contributed by atoms with Gasteiger partial charge in [0, 0.05) is 35.0 Å². The summed E-state index contributed by atoms with van der Waals surface area (Å²) in [6, 6.07) is 5.07. The zero-order valence-corrected chi connectivity index (χ0v) is 13.3. The van der Waals surface area contributed by atoms with Crippen LogP contribution in [-0.2, 0) is 0 Å². The Labute approximate surface area is 124 Å². The standard InChI is InChI=1S/C14H22ClFN2S/c1-4-11(9-19-3)18(2)14(8-17)12-6-5-10(15)7-13(12)16/h5-7,11,14H,4,8-9,17H2,1-3H3. The van der Waals surface area contributed by atoms with Crippen molar-refractivity contribution in [3.63, 3.8) is 0 Å². The Kier molecular flexibility index (Phi) is 7.15. The van der Waals surface area contributed by atoms with Crippen LogP contribution in [0.3, 0.4) is 0 Å². The van der Waals surface area contributed by atoms with Crippen LogP contribution in [0.2, 0.25) is 5.02 Å². The Morgan fingerprint density at radius 3 is 2.63 bits per heavy atom. The Morgan fingerprint density at radius 1 is 1.47 bits per heavy atom. The number of halogens is 2. The van der Waals surface area contributed by atoms with Crippen molar-refractivity contribution in [2.75, 3.05) is 25.6 Å². The van der Waals surface area contributed by atoms with Crippen LogP contribution in [0.1, 0.15) is 24.9 Å². The van der Waals surface area contributed by atoms with Gasteiger partial charge in [0.1, 0.15) is 5.82 Å². The lowest BCUT2D eigenvalue weighted by molar-refractivity contribution is 0.184. The predicted molar refractivity (Wildman–Crippen MR) is 83.4 cm³/mol. The Morgan fingerprint density at radius 2 is 2.16 bits per heavy atom. The van der Waals surface area contributed by atoms with Crippen molar-refractivity contribution in [1.29, 1.82) is 0 Å². The zero-order valence-electron chi connectivity index (χ0n) is 11.7. The molecule has 0 radical (unpaired) electrons. The normalized spacial score (nSPS) is 14.7. The van der Waals surface area contributed by atoms with Gasteiger partial charge in [0.2, 0.25) is 0 Å². The Balaban J connectivity index is 2.98. The smallest absolute Gasteiger partial charge is 0.129 e. The molecule has 0 aliphatic rings. The molecule has 2 atom stereocenters. The monoisotopic (exact) mass is 304 g/mol. The van der Waals surface area contributed by atoms with Gasteiger partial charge in [-0.3, -0.25) is 4.90 Å². The number of benzene rings is 1. The van der Waals surface area contributed by atoms with Crippen molar-refractivity contribution in [2.24, 2.45) is 5.73 Å². The molecular formula is C14H22ClFN2S. The molecule has 0 bridgehead atoms. The summed E-state index contributed by atoms with van der Waals surface area (Å²) in [6.45, 7) is 2.53. The number of likely N-dealkylation sites (N-methyl/N-ethyl adjacent to an activating group) is 1. The highest BCUT2D eigenvalue weighted by molar-refractivity contribution is 7.98. The van der Waals surface area contributed by atoms with Crippen molar-refractivity contribution in [3.8, 4) is 0 Å². The van der Waals surface area contributed by atoms with Gasteiger partial charge in [0.05, 0.1) is 0 Å². The van der Waals surface area contributed by atoms with E-state index in [4.69, 9.17) is 17.3 Å². The first-order valence-electron chi connectivity index (χ1n) is 6.41. The summed E-state index contributed by atoms with van der Waals surface area (Å²) < 4.78 is 14.0. The van der Waals surface area contributed by atoms with E-state index in [1.807, 2.05) is 7.05 Å². The minimum absolute atomic E-state index is 0.116. The molecule has 2 nitrogen and oxygen atoms in total. The van der Waals surface area contributed by atoms with E-state index in [0.29, 0.717) is 23.2 Å². The number of thioether (sulfide) groups is 1. The molecule has 5 heteroatoms. The van der Waals surface area contributed by atoms with Gasteiger partial charge in [0.25, 0.3) is 0 Å². The molecule has 2 N–H and O–H groups in total. The third-order valence-electron chi connectivity index (χ3n) is 3.44. The number of hydrogen-bond donors (Lipinski definition) is 1. The molecule has 0 fully saturated rings. The van der Waals surface area contributed by atoms with Crippen LogP contribution >= 0.6 is 23.4 Å². The lowest BCUT2D eigenvalue weighted by Gasteiger charge is -2.34. The van der Waals surface area contributed by atoms with Crippen LogP contribution in [0.5, 0.6) is 0 Å². The first kappa shape index (κ1) is 16.8. The second kappa shape index (κ2) is 8.10. The molecule has 0 aliphatic carbocycles. The maximum atomic E-state index is 14.0. The molecule has 1 rings (SSSR count).